The van der Waals surface area contributed by atoms with Crippen molar-refractivity contribution in [1.82, 2.24) is 20.0 Å². The number of nitrogens with zero attached hydrogens (tertiary/aromatic N) is 3. The summed E-state index contributed by atoms with van der Waals surface area (Å²) < 4.78 is 1.66. The van der Waals surface area contributed by atoms with E-state index in [-0.39, 0.29) is 18.4 Å². The van der Waals surface area contributed by atoms with Crippen LogP contribution in [-0.2, 0) is 4.79 Å². The van der Waals surface area contributed by atoms with Crippen LogP contribution in [0.2, 0.25) is 5.02 Å². The normalized spacial score (nSPS) is 14.0. The van der Waals surface area contributed by atoms with Crippen LogP contribution in [0.1, 0.15) is 28.9 Å². The Morgan fingerprint density at radius 3 is 2.75 bits per heavy atom. The maximum absolute atomic E-state index is 12.3. The number of benzene rings is 1. The lowest BCUT2D eigenvalue weighted by atomic mass is 10.2. The van der Waals surface area contributed by atoms with Crippen molar-refractivity contribution in [3.63, 3.8) is 0 Å². The van der Waals surface area contributed by atoms with Gasteiger partial charge in [-0.1, -0.05) is 17.7 Å². The monoisotopic (exact) mass is 346 g/mol. The summed E-state index contributed by atoms with van der Waals surface area (Å²) in [6.07, 6.45) is 3.57. The highest BCUT2D eigenvalue weighted by atomic mass is 35.5. The van der Waals surface area contributed by atoms with Crippen molar-refractivity contribution in [2.24, 2.45) is 0 Å². The molecular formula is C17H19ClN4O2. The molecule has 0 atom stereocenters. The molecular weight excluding hydrogens is 328 g/mol. The van der Waals surface area contributed by atoms with Gasteiger partial charge in [-0.2, -0.15) is 5.10 Å². The summed E-state index contributed by atoms with van der Waals surface area (Å²) >= 11 is 6.00. The summed E-state index contributed by atoms with van der Waals surface area (Å²) in [5.41, 5.74) is 1.93. The Hall–Kier alpha value is -2.34. The first-order chi connectivity index (χ1) is 11.6. The Morgan fingerprint density at radius 2 is 2.04 bits per heavy atom. The molecule has 1 N–H and O–H groups in total. The third-order valence-electron chi connectivity index (χ3n) is 4.17. The van der Waals surface area contributed by atoms with E-state index in [1.165, 1.54) is 6.20 Å². The Balaban J connectivity index is 1.68. The van der Waals surface area contributed by atoms with Crippen molar-refractivity contribution in [1.29, 1.82) is 0 Å². The van der Waals surface area contributed by atoms with Crippen LogP contribution in [0.25, 0.3) is 5.69 Å². The van der Waals surface area contributed by atoms with Crippen molar-refractivity contribution in [3.8, 4) is 5.69 Å². The second-order valence-electron chi connectivity index (χ2n) is 5.81. The van der Waals surface area contributed by atoms with E-state index in [0.717, 1.165) is 31.6 Å². The molecule has 1 aliphatic heterocycles. The summed E-state index contributed by atoms with van der Waals surface area (Å²) in [4.78, 5) is 26.1. The van der Waals surface area contributed by atoms with E-state index in [9.17, 15) is 9.59 Å². The maximum atomic E-state index is 12.3. The fourth-order valence-corrected chi connectivity index (χ4v) is 3.01. The summed E-state index contributed by atoms with van der Waals surface area (Å²) in [6.45, 7) is 3.38. The molecule has 0 spiro atoms. The molecule has 1 aromatic heterocycles. The van der Waals surface area contributed by atoms with E-state index in [2.05, 4.69) is 10.4 Å². The van der Waals surface area contributed by atoms with Gasteiger partial charge in [0.1, 0.15) is 0 Å². The van der Waals surface area contributed by atoms with Crippen LogP contribution in [-0.4, -0.2) is 46.1 Å². The molecule has 2 heterocycles. The van der Waals surface area contributed by atoms with Gasteiger partial charge >= 0.3 is 0 Å². The first-order valence-corrected chi connectivity index (χ1v) is 8.30. The molecule has 0 radical (unpaired) electrons. The van der Waals surface area contributed by atoms with Crippen molar-refractivity contribution in [2.45, 2.75) is 19.8 Å². The molecule has 1 fully saturated rings. The van der Waals surface area contributed by atoms with Gasteiger partial charge in [-0.3, -0.25) is 9.59 Å². The average Bonchev–Trinajstić information content (AvgIpc) is 3.22. The van der Waals surface area contributed by atoms with E-state index in [1.54, 1.807) is 21.7 Å². The van der Waals surface area contributed by atoms with Crippen molar-refractivity contribution in [2.75, 3.05) is 19.6 Å². The SMILES string of the molecule is Cc1c(C(=O)NCC(=O)N2CCCC2)cnn1-c1cccc(Cl)c1. The second kappa shape index (κ2) is 7.05. The summed E-state index contributed by atoms with van der Waals surface area (Å²) in [5, 5.41) is 7.54. The molecule has 0 aliphatic carbocycles. The van der Waals surface area contributed by atoms with Gasteiger partial charge in [-0.25, -0.2) is 4.68 Å². The molecule has 0 unspecified atom stereocenters. The number of carbonyl (C=O) groups excluding carboxylic acids is 2. The number of likely N-dealkylation sites (tertiary alicyclic amines) is 1. The highest BCUT2D eigenvalue weighted by Gasteiger charge is 2.20. The molecule has 1 aliphatic rings. The van der Waals surface area contributed by atoms with Crippen LogP contribution in [0.5, 0.6) is 0 Å². The zero-order valence-electron chi connectivity index (χ0n) is 13.5. The lowest BCUT2D eigenvalue weighted by molar-refractivity contribution is -0.129. The van der Waals surface area contributed by atoms with Crippen LogP contribution >= 0.6 is 11.6 Å². The number of hydrogen-bond donors (Lipinski definition) is 1. The molecule has 6 nitrogen and oxygen atoms in total. The number of carbonyl (C=O) groups is 2. The lowest BCUT2D eigenvalue weighted by Crippen LogP contribution is -2.38. The van der Waals surface area contributed by atoms with E-state index in [0.29, 0.717) is 16.3 Å². The predicted octanol–water partition coefficient (Wildman–Crippen LogP) is 2.19. The summed E-state index contributed by atoms with van der Waals surface area (Å²) in [7, 11) is 0. The Kier molecular flexibility index (Phi) is 4.85. The van der Waals surface area contributed by atoms with Crippen LogP contribution in [0.4, 0.5) is 0 Å². The number of amides is 2. The molecule has 2 aromatic rings. The number of hydrogen-bond acceptors (Lipinski definition) is 3. The van der Waals surface area contributed by atoms with Gasteiger partial charge in [0.2, 0.25) is 5.91 Å². The molecule has 2 amide bonds. The molecule has 1 saturated heterocycles. The molecule has 0 saturated carbocycles. The Morgan fingerprint density at radius 1 is 1.29 bits per heavy atom. The molecule has 7 heteroatoms. The fourth-order valence-electron chi connectivity index (χ4n) is 2.83. The molecule has 0 bridgehead atoms. The van der Waals surface area contributed by atoms with E-state index in [1.807, 2.05) is 19.1 Å². The van der Waals surface area contributed by atoms with Gasteiger partial charge in [-0.05, 0) is 38.0 Å². The van der Waals surface area contributed by atoms with Gasteiger partial charge < -0.3 is 10.2 Å². The molecule has 3 rings (SSSR count). The van der Waals surface area contributed by atoms with Crippen molar-refractivity contribution < 1.29 is 9.59 Å². The quantitative estimate of drug-likeness (QED) is 0.922. The highest BCUT2D eigenvalue weighted by Crippen LogP contribution is 2.18. The summed E-state index contributed by atoms with van der Waals surface area (Å²) in [6, 6.07) is 7.25. The maximum Gasteiger partial charge on any atom is 0.255 e. The van der Waals surface area contributed by atoms with Crippen LogP contribution in [0.3, 0.4) is 0 Å². The van der Waals surface area contributed by atoms with Gasteiger partial charge in [-0.15, -0.1) is 0 Å². The van der Waals surface area contributed by atoms with Crippen molar-refractivity contribution in [3.05, 3.63) is 46.7 Å². The first-order valence-electron chi connectivity index (χ1n) is 7.93. The smallest absolute Gasteiger partial charge is 0.255 e. The molecule has 126 valence electrons. The molecule has 1 aromatic carbocycles. The number of aromatic nitrogens is 2. The number of rotatable bonds is 4. The molecule has 24 heavy (non-hydrogen) atoms. The topological polar surface area (TPSA) is 67.2 Å². The minimum absolute atomic E-state index is 0.0145. The lowest BCUT2D eigenvalue weighted by Gasteiger charge is -2.15. The van der Waals surface area contributed by atoms with E-state index in [4.69, 9.17) is 11.6 Å². The van der Waals surface area contributed by atoms with Crippen LogP contribution in [0.15, 0.2) is 30.5 Å². The van der Waals surface area contributed by atoms with Gasteiger partial charge in [0.15, 0.2) is 0 Å². The summed E-state index contributed by atoms with van der Waals surface area (Å²) in [5.74, 6) is -0.339. The fraction of sp³-hybridized carbons (Fsp3) is 0.353. The van der Waals surface area contributed by atoms with Crippen LogP contribution < -0.4 is 5.32 Å². The minimum atomic E-state index is -0.298. The Bertz CT molecular complexity index is 766. The standard InChI is InChI=1S/C17H19ClN4O2/c1-12-15(10-20-22(12)14-6-4-5-13(18)9-14)17(24)19-11-16(23)21-7-2-3-8-21/h4-6,9-10H,2-3,7-8,11H2,1H3,(H,19,24). The highest BCUT2D eigenvalue weighted by molar-refractivity contribution is 6.30. The van der Waals surface area contributed by atoms with Crippen molar-refractivity contribution >= 4 is 23.4 Å². The number of halogens is 1. The largest absolute Gasteiger partial charge is 0.343 e. The second-order valence-corrected chi connectivity index (χ2v) is 6.24. The Labute approximate surface area is 145 Å². The predicted molar refractivity (Wildman–Crippen MR) is 91.5 cm³/mol. The minimum Gasteiger partial charge on any atom is -0.343 e. The van der Waals surface area contributed by atoms with Crippen LogP contribution in [0, 0.1) is 6.92 Å². The third-order valence-corrected chi connectivity index (χ3v) is 4.40. The van der Waals surface area contributed by atoms with Gasteiger partial charge in [0, 0.05) is 18.1 Å². The van der Waals surface area contributed by atoms with E-state index >= 15 is 0 Å². The number of nitrogens with one attached hydrogen (secondary N) is 1. The zero-order chi connectivity index (χ0) is 17.1. The van der Waals surface area contributed by atoms with Gasteiger partial charge in [0.25, 0.3) is 5.91 Å². The average molecular weight is 347 g/mol. The van der Waals surface area contributed by atoms with E-state index < -0.39 is 0 Å². The van der Waals surface area contributed by atoms with Gasteiger partial charge in [0.05, 0.1) is 29.7 Å². The first kappa shape index (κ1) is 16.5. The third kappa shape index (κ3) is 3.43. The zero-order valence-corrected chi connectivity index (χ0v) is 14.2.